The third kappa shape index (κ3) is 5.00. The van der Waals surface area contributed by atoms with E-state index in [0.717, 1.165) is 18.5 Å². The standard InChI is InChI=1S/C20H28N2O4/c1-6-11-24-14-9-8-10-15(25-12-7-2)18(14)19(23)21-17-13-16(22-26-17)20(3,4)5/h8-10,13H,6-7,11-12H2,1-5H3,(H,21,23). The molecule has 0 aliphatic heterocycles. The Kier molecular flexibility index (Phi) is 6.66. The Morgan fingerprint density at radius 3 is 2.15 bits per heavy atom. The van der Waals surface area contributed by atoms with E-state index >= 15 is 0 Å². The SMILES string of the molecule is CCCOc1cccc(OCCC)c1C(=O)Nc1cc(C(C)(C)C)no1. The van der Waals surface area contributed by atoms with Crippen LogP contribution in [0.2, 0.25) is 0 Å². The molecule has 0 atom stereocenters. The molecule has 1 amide bonds. The van der Waals surface area contributed by atoms with Crippen LogP contribution in [0.15, 0.2) is 28.8 Å². The number of hydrogen-bond acceptors (Lipinski definition) is 5. The molecule has 0 aliphatic carbocycles. The monoisotopic (exact) mass is 360 g/mol. The van der Waals surface area contributed by atoms with E-state index in [1.807, 2.05) is 40.7 Å². The summed E-state index contributed by atoms with van der Waals surface area (Å²) in [4.78, 5) is 12.9. The first-order chi connectivity index (χ1) is 12.4. The lowest BCUT2D eigenvalue weighted by molar-refractivity contribution is 0.101. The average Bonchev–Trinajstić information content (AvgIpc) is 3.06. The zero-order valence-electron chi connectivity index (χ0n) is 16.2. The summed E-state index contributed by atoms with van der Waals surface area (Å²) < 4.78 is 16.7. The molecule has 0 aliphatic rings. The Morgan fingerprint density at radius 2 is 1.69 bits per heavy atom. The number of nitrogens with zero attached hydrogens (tertiary/aromatic N) is 1. The summed E-state index contributed by atoms with van der Waals surface area (Å²) in [6.45, 7) is 11.2. The number of aromatic nitrogens is 1. The first kappa shape index (κ1) is 19.8. The lowest BCUT2D eigenvalue weighted by Crippen LogP contribution is -2.16. The number of carbonyl (C=O) groups is 1. The van der Waals surface area contributed by atoms with Gasteiger partial charge in [0.15, 0.2) is 0 Å². The molecule has 2 aromatic rings. The fraction of sp³-hybridized carbons (Fsp3) is 0.500. The maximum atomic E-state index is 12.9. The van der Waals surface area contributed by atoms with Crippen molar-refractivity contribution in [3.8, 4) is 11.5 Å². The molecule has 1 N–H and O–H groups in total. The highest BCUT2D eigenvalue weighted by molar-refractivity contribution is 6.07. The Hall–Kier alpha value is -2.50. The molecule has 0 saturated carbocycles. The molecule has 2 rings (SSSR count). The molecule has 0 fully saturated rings. The fourth-order valence-electron chi connectivity index (χ4n) is 2.26. The average molecular weight is 360 g/mol. The molecule has 0 spiro atoms. The molecule has 1 aromatic carbocycles. The second-order valence-corrected chi connectivity index (χ2v) is 7.11. The van der Waals surface area contributed by atoms with E-state index in [9.17, 15) is 4.79 Å². The fourth-order valence-corrected chi connectivity index (χ4v) is 2.26. The van der Waals surface area contributed by atoms with Gasteiger partial charge in [0.25, 0.3) is 5.91 Å². The van der Waals surface area contributed by atoms with Gasteiger partial charge in [-0.2, -0.15) is 0 Å². The van der Waals surface area contributed by atoms with Crippen molar-refractivity contribution in [2.75, 3.05) is 18.5 Å². The molecular weight excluding hydrogens is 332 g/mol. The summed E-state index contributed by atoms with van der Waals surface area (Å²) in [6.07, 6.45) is 1.69. The van der Waals surface area contributed by atoms with E-state index in [4.69, 9.17) is 14.0 Å². The molecule has 26 heavy (non-hydrogen) atoms. The van der Waals surface area contributed by atoms with E-state index in [-0.39, 0.29) is 11.3 Å². The summed E-state index contributed by atoms with van der Waals surface area (Å²) in [5.74, 6) is 0.938. The molecule has 6 nitrogen and oxygen atoms in total. The van der Waals surface area contributed by atoms with Gasteiger partial charge < -0.3 is 14.0 Å². The van der Waals surface area contributed by atoms with Crippen molar-refractivity contribution in [1.29, 1.82) is 0 Å². The Bertz CT molecular complexity index is 705. The third-order valence-electron chi connectivity index (χ3n) is 3.65. The number of anilines is 1. The van der Waals surface area contributed by atoms with Gasteiger partial charge in [-0.3, -0.25) is 10.1 Å². The molecule has 0 saturated heterocycles. The van der Waals surface area contributed by atoms with Crippen molar-refractivity contribution in [3.63, 3.8) is 0 Å². The second-order valence-electron chi connectivity index (χ2n) is 7.11. The lowest BCUT2D eigenvalue weighted by Gasteiger charge is -2.15. The number of hydrogen-bond donors (Lipinski definition) is 1. The molecule has 1 aromatic heterocycles. The van der Waals surface area contributed by atoms with Crippen LogP contribution in [0, 0.1) is 0 Å². The van der Waals surface area contributed by atoms with E-state index in [0.29, 0.717) is 36.2 Å². The van der Waals surface area contributed by atoms with Crippen LogP contribution in [0.3, 0.4) is 0 Å². The van der Waals surface area contributed by atoms with E-state index < -0.39 is 0 Å². The summed E-state index contributed by atoms with van der Waals surface area (Å²) >= 11 is 0. The van der Waals surface area contributed by atoms with Crippen LogP contribution in [0.5, 0.6) is 11.5 Å². The van der Waals surface area contributed by atoms with Crippen molar-refractivity contribution in [2.24, 2.45) is 0 Å². The van der Waals surface area contributed by atoms with Gasteiger partial charge in [0.1, 0.15) is 17.1 Å². The zero-order valence-corrected chi connectivity index (χ0v) is 16.2. The summed E-state index contributed by atoms with van der Waals surface area (Å²) in [5, 5.41) is 6.78. The minimum absolute atomic E-state index is 0.163. The summed E-state index contributed by atoms with van der Waals surface area (Å²) in [7, 11) is 0. The van der Waals surface area contributed by atoms with E-state index in [1.54, 1.807) is 18.2 Å². The molecule has 142 valence electrons. The van der Waals surface area contributed by atoms with Crippen LogP contribution in [-0.4, -0.2) is 24.3 Å². The van der Waals surface area contributed by atoms with Gasteiger partial charge in [-0.05, 0) is 25.0 Å². The predicted molar refractivity (Wildman–Crippen MR) is 101 cm³/mol. The first-order valence-corrected chi connectivity index (χ1v) is 9.04. The highest BCUT2D eigenvalue weighted by atomic mass is 16.5. The van der Waals surface area contributed by atoms with Crippen LogP contribution < -0.4 is 14.8 Å². The molecule has 1 heterocycles. The smallest absolute Gasteiger partial charge is 0.265 e. The van der Waals surface area contributed by atoms with Crippen LogP contribution >= 0.6 is 0 Å². The number of rotatable bonds is 8. The Labute approximate surface area is 154 Å². The number of carbonyl (C=O) groups excluding carboxylic acids is 1. The number of nitrogens with one attached hydrogen (secondary N) is 1. The van der Waals surface area contributed by atoms with Crippen molar-refractivity contribution in [2.45, 2.75) is 52.9 Å². The lowest BCUT2D eigenvalue weighted by atomic mass is 9.92. The van der Waals surface area contributed by atoms with Gasteiger partial charge in [-0.15, -0.1) is 0 Å². The number of benzene rings is 1. The summed E-state index contributed by atoms with van der Waals surface area (Å²) in [5.41, 5.74) is 0.971. The van der Waals surface area contributed by atoms with Crippen LogP contribution in [0.1, 0.15) is 63.5 Å². The largest absolute Gasteiger partial charge is 0.493 e. The predicted octanol–water partition coefficient (Wildman–Crippen LogP) is 4.80. The zero-order chi connectivity index (χ0) is 19.2. The van der Waals surface area contributed by atoms with Crippen molar-refractivity contribution in [3.05, 3.63) is 35.5 Å². The van der Waals surface area contributed by atoms with Crippen LogP contribution in [0.25, 0.3) is 0 Å². The third-order valence-corrected chi connectivity index (χ3v) is 3.65. The Morgan fingerprint density at radius 1 is 1.12 bits per heavy atom. The minimum Gasteiger partial charge on any atom is -0.493 e. The quantitative estimate of drug-likeness (QED) is 0.732. The maximum absolute atomic E-state index is 12.9. The topological polar surface area (TPSA) is 73.6 Å². The normalized spacial score (nSPS) is 11.3. The van der Waals surface area contributed by atoms with Gasteiger partial charge in [-0.1, -0.05) is 45.8 Å². The van der Waals surface area contributed by atoms with E-state index in [1.165, 1.54) is 0 Å². The van der Waals surface area contributed by atoms with Gasteiger partial charge >= 0.3 is 0 Å². The molecule has 6 heteroatoms. The molecule has 0 radical (unpaired) electrons. The van der Waals surface area contributed by atoms with E-state index in [2.05, 4.69) is 10.5 Å². The number of amides is 1. The van der Waals surface area contributed by atoms with Gasteiger partial charge in [0.2, 0.25) is 5.88 Å². The van der Waals surface area contributed by atoms with Gasteiger partial charge in [-0.25, -0.2) is 0 Å². The van der Waals surface area contributed by atoms with Crippen LogP contribution in [0.4, 0.5) is 5.88 Å². The van der Waals surface area contributed by atoms with Gasteiger partial charge in [0.05, 0.1) is 18.9 Å². The van der Waals surface area contributed by atoms with Crippen molar-refractivity contribution < 1.29 is 18.8 Å². The highest BCUT2D eigenvalue weighted by Crippen LogP contribution is 2.31. The molecule has 0 bridgehead atoms. The molecular formula is C20H28N2O4. The van der Waals surface area contributed by atoms with Crippen molar-refractivity contribution >= 4 is 11.8 Å². The minimum atomic E-state index is -0.348. The second kappa shape index (κ2) is 8.74. The van der Waals surface area contributed by atoms with Gasteiger partial charge in [0, 0.05) is 11.5 Å². The number of ether oxygens (including phenoxy) is 2. The summed E-state index contributed by atoms with van der Waals surface area (Å²) in [6, 6.07) is 7.09. The Balaban J connectivity index is 2.28. The first-order valence-electron chi connectivity index (χ1n) is 9.04. The highest BCUT2D eigenvalue weighted by Gasteiger charge is 2.23. The van der Waals surface area contributed by atoms with Crippen LogP contribution in [-0.2, 0) is 5.41 Å². The maximum Gasteiger partial charge on any atom is 0.265 e. The van der Waals surface area contributed by atoms with Crippen molar-refractivity contribution in [1.82, 2.24) is 5.16 Å². The molecule has 0 unspecified atom stereocenters.